The summed E-state index contributed by atoms with van der Waals surface area (Å²) in [5.74, 6) is -6.83. The molecule has 1 aromatic heterocycles. The van der Waals surface area contributed by atoms with Gasteiger partial charge < -0.3 is 20.4 Å². The zero-order chi connectivity index (χ0) is 19.3. The van der Waals surface area contributed by atoms with Gasteiger partial charge in [-0.15, -0.1) is 0 Å². The molecule has 0 radical (unpaired) electrons. The predicted octanol–water partition coefficient (Wildman–Crippen LogP) is 1.57. The first-order chi connectivity index (χ1) is 12.3. The molecule has 1 aromatic carbocycles. The van der Waals surface area contributed by atoms with E-state index in [1.54, 1.807) is 0 Å². The van der Waals surface area contributed by atoms with Crippen molar-refractivity contribution in [2.75, 3.05) is 11.9 Å². The molecule has 3 amide bonds. The molecule has 26 heavy (non-hydrogen) atoms. The molecule has 10 heteroatoms. The monoisotopic (exact) mass is 369 g/mol. The Morgan fingerprint density at radius 3 is 2.50 bits per heavy atom. The van der Waals surface area contributed by atoms with Gasteiger partial charge in [0.1, 0.15) is 6.04 Å². The number of amides is 3. The average Bonchev–Trinajstić information content (AvgIpc) is 3.15. The number of carbonyl (C=O) groups excluding carboxylic acids is 3. The fourth-order valence-electron chi connectivity index (χ4n) is 1.88. The zero-order valence-corrected chi connectivity index (χ0v) is 13.4. The molecule has 0 bridgehead atoms. The van der Waals surface area contributed by atoms with Crippen LogP contribution < -0.4 is 16.0 Å². The molecule has 2 aromatic rings. The van der Waals surface area contributed by atoms with Crippen molar-refractivity contribution in [2.24, 2.45) is 0 Å². The van der Waals surface area contributed by atoms with E-state index in [1.807, 2.05) is 5.32 Å². The van der Waals surface area contributed by atoms with Gasteiger partial charge in [0, 0.05) is 0 Å². The van der Waals surface area contributed by atoms with E-state index >= 15 is 0 Å². The van der Waals surface area contributed by atoms with Crippen LogP contribution in [0.2, 0.25) is 0 Å². The lowest BCUT2D eigenvalue weighted by molar-refractivity contribution is -0.125. The predicted molar refractivity (Wildman–Crippen MR) is 83.6 cm³/mol. The van der Waals surface area contributed by atoms with E-state index in [1.165, 1.54) is 25.3 Å². The van der Waals surface area contributed by atoms with E-state index in [-0.39, 0.29) is 5.76 Å². The molecule has 138 valence electrons. The molecule has 1 unspecified atom stereocenters. The van der Waals surface area contributed by atoms with E-state index in [2.05, 4.69) is 10.6 Å². The maximum Gasteiger partial charge on any atom is 0.287 e. The molecule has 0 aliphatic heterocycles. The third-order valence-corrected chi connectivity index (χ3v) is 3.22. The third kappa shape index (κ3) is 4.62. The van der Waals surface area contributed by atoms with Crippen LogP contribution in [0, 0.1) is 17.5 Å². The van der Waals surface area contributed by atoms with Crippen LogP contribution in [0.3, 0.4) is 0 Å². The normalized spacial score (nSPS) is 11.5. The number of anilines is 1. The number of nitrogens with one attached hydrogen (secondary N) is 3. The summed E-state index contributed by atoms with van der Waals surface area (Å²) in [4.78, 5) is 35.3. The summed E-state index contributed by atoms with van der Waals surface area (Å²) in [6.07, 6.45) is 1.29. The second kappa shape index (κ2) is 8.19. The maximum absolute atomic E-state index is 13.5. The van der Waals surface area contributed by atoms with Crippen LogP contribution in [-0.2, 0) is 9.59 Å². The van der Waals surface area contributed by atoms with Crippen LogP contribution in [0.1, 0.15) is 17.5 Å². The largest absolute Gasteiger partial charge is 0.459 e. The Labute approximate surface area is 145 Å². The minimum absolute atomic E-state index is 0.0104. The van der Waals surface area contributed by atoms with Gasteiger partial charge in [0.25, 0.3) is 5.91 Å². The minimum atomic E-state index is -1.72. The number of furan rings is 1. The van der Waals surface area contributed by atoms with Crippen molar-refractivity contribution in [1.82, 2.24) is 10.6 Å². The summed E-state index contributed by atoms with van der Waals surface area (Å²) in [5.41, 5.74) is -0.567. The van der Waals surface area contributed by atoms with Gasteiger partial charge in [-0.1, -0.05) is 0 Å². The quantitative estimate of drug-likeness (QED) is 0.673. The fraction of sp³-hybridized carbons (Fsp3) is 0.188. The second-order valence-electron chi connectivity index (χ2n) is 5.16. The van der Waals surface area contributed by atoms with Crippen molar-refractivity contribution in [3.8, 4) is 0 Å². The Kier molecular flexibility index (Phi) is 5.99. The van der Waals surface area contributed by atoms with Gasteiger partial charge in [-0.25, -0.2) is 13.2 Å². The van der Waals surface area contributed by atoms with Crippen LogP contribution in [0.25, 0.3) is 0 Å². The highest BCUT2D eigenvalue weighted by molar-refractivity contribution is 5.97. The number of benzene rings is 1. The Morgan fingerprint density at radius 2 is 1.85 bits per heavy atom. The van der Waals surface area contributed by atoms with Gasteiger partial charge in [0.15, 0.2) is 23.2 Å². The van der Waals surface area contributed by atoms with Gasteiger partial charge in [0.05, 0.1) is 18.5 Å². The third-order valence-electron chi connectivity index (χ3n) is 3.22. The first kappa shape index (κ1) is 19.0. The highest BCUT2D eigenvalue weighted by Crippen LogP contribution is 2.19. The maximum atomic E-state index is 13.5. The Balaban J connectivity index is 1.84. The average molecular weight is 369 g/mol. The van der Waals surface area contributed by atoms with Crippen molar-refractivity contribution in [3.05, 3.63) is 53.7 Å². The van der Waals surface area contributed by atoms with Crippen LogP contribution in [0.5, 0.6) is 0 Å². The van der Waals surface area contributed by atoms with Crippen molar-refractivity contribution in [3.63, 3.8) is 0 Å². The summed E-state index contributed by atoms with van der Waals surface area (Å²) in [5, 5.41) is 6.56. The minimum Gasteiger partial charge on any atom is -0.459 e. The lowest BCUT2D eigenvalue weighted by Gasteiger charge is -2.13. The molecule has 0 fully saturated rings. The highest BCUT2D eigenvalue weighted by Gasteiger charge is 2.19. The van der Waals surface area contributed by atoms with Gasteiger partial charge in [0.2, 0.25) is 11.8 Å². The summed E-state index contributed by atoms with van der Waals surface area (Å²) in [6.45, 7) is 0.807. The van der Waals surface area contributed by atoms with Gasteiger partial charge in [-0.3, -0.25) is 14.4 Å². The van der Waals surface area contributed by atoms with Crippen LogP contribution >= 0.6 is 0 Å². The fourth-order valence-corrected chi connectivity index (χ4v) is 1.88. The van der Waals surface area contributed by atoms with E-state index in [0.717, 1.165) is 6.07 Å². The van der Waals surface area contributed by atoms with Crippen molar-refractivity contribution >= 4 is 23.4 Å². The topological polar surface area (TPSA) is 100 Å². The molecule has 0 saturated carbocycles. The van der Waals surface area contributed by atoms with Crippen molar-refractivity contribution in [1.29, 1.82) is 0 Å². The standard InChI is InChI=1S/C16H14F3N3O4/c1-8(21-16(25)11-3-2-6-26-11)15(24)20-7-12(23)22-10-5-4-9(17)13(18)14(10)19/h2-6,8H,7H2,1H3,(H,20,24)(H,21,25)(H,22,23). The molecule has 0 aliphatic carbocycles. The Morgan fingerprint density at radius 1 is 1.12 bits per heavy atom. The second-order valence-corrected chi connectivity index (χ2v) is 5.16. The smallest absolute Gasteiger partial charge is 0.287 e. The molecule has 3 N–H and O–H groups in total. The lowest BCUT2D eigenvalue weighted by atomic mass is 10.2. The summed E-state index contributed by atoms with van der Waals surface area (Å²) in [6, 6.07) is 3.42. The summed E-state index contributed by atoms with van der Waals surface area (Å²) in [7, 11) is 0. The molecule has 0 aliphatic rings. The van der Waals surface area contributed by atoms with Gasteiger partial charge >= 0.3 is 0 Å². The van der Waals surface area contributed by atoms with E-state index in [4.69, 9.17) is 4.42 Å². The molecule has 1 heterocycles. The molecule has 2 rings (SSSR count). The van der Waals surface area contributed by atoms with Crippen molar-refractivity contribution in [2.45, 2.75) is 13.0 Å². The number of rotatable bonds is 6. The summed E-state index contributed by atoms with van der Waals surface area (Å²) < 4.78 is 44.2. The van der Waals surface area contributed by atoms with E-state index < -0.39 is 53.4 Å². The first-order valence-electron chi connectivity index (χ1n) is 7.35. The molecule has 7 nitrogen and oxygen atoms in total. The Bertz CT molecular complexity index is 824. The Hall–Kier alpha value is -3.30. The number of hydrogen-bond acceptors (Lipinski definition) is 4. The molecule has 1 atom stereocenters. The number of hydrogen-bond donors (Lipinski definition) is 3. The van der Waals surface area contributed by atoms with E-state index in [9.17, 15) is 27.6 Å². The summed E-state index contributed by atoms with van der Waals surface area (Å²) >= 11 is 0. The lowest BCUT2D eigenvalue weighted by Crippen LogP contribution is -2.46. The molecule has 0 saturated heterocycles. The van der Waals surface area contributed by atoms with Crippen molar-refractivity contribution < 1.29 is 32.0 Å². The highest BCUT2D eigenvalue weighted by atomic mass is 19.2. The molecular weight excluding hydrogens is 355 g/mol. The number of halogens is 3. The van der Waals surface area contributed by atoms with Gasteiger partial charge in [-0.05, 0) is 31.2 Å². The number of carbonyl (C=O) groups is 3. The first-order valence-corrected chi connectivity index (χ1v) is 7.35. The van der Waals surface area contributed by atoms with Crippen LogP contribution in [0.15, 0.2) is 34.9 Å². The SMILES string of the molecule is CC(NC(=O)c1ccco1)C(=O)NCC(=O)Nc1ccc(F)c(F)c1F. The molecule has 0 spiro atoms. The van der Waals surface area contributed by atoms with Gasteiger partial charge in [-0.2, -0.15) is 0 Å². The molecular formula is C16H14F3N3O4. The van der Waals surface area contributed by atoms with E-state index in [0.29, 0.717) is 6.07 Å². The van der Waals surface area contributed by atoms with Crippen LogP contribution in [0.4, 0.5) is 18.9 Å². The zero-order valence-electron chi connectivity index (χ0n) is 13.4. The van der Waals surface area contributed by atoms with Crippen LogP contribution in [-0.4, -0.2) is 30.3 Å².